The number of nitrogens with zero attached hydrogens (tertiary/aromatic N) is 1. The van der Waals surface area contributed by atoms with Gasteiger partial charge in [0.05, 0.1) is 13.2 Å². The molecule has 0 aliphatic carbocycles. The zero-order chi connectivity index (χ0) is 16.2. The predicted octanol–water partition coefficient (Wildman–Crippen LogP) is 3.12. The van der Waals surface area contributed by atoms with Gasteiger partial charge >= 0.3 is 0 Å². The van der Waals surface area contributed by atoms with Gasteiger partial charge in [-0.1, -0.05) is 40.2 Å². The summed E-state index contributed by atoms with van der Waals surface area (Å²) in [7, 11) is 0. The Balaban J connectivity index is 1.73. The molecule has 0 saturated carbocycles. The largest absolute Gasteiger partial charge is 0.370 e. The van der Waals surface area contributed by atoms with Gasteiger partial charge in [0.1, 0.15) is 6.10 Å². The Bertz CT molecular complexity index is 688. The van der Waals surface area contributed by atoms with Crippen molar-refractivity contribution in [2.24, 2.45) is 5.73 Å². The molecule has 1 saturated heterocycles. The lowest BCUT2D eigenvalue weighted by molar-refractivity contribution is -0.0228. The van der Waals surface area contributed by atoms with Crippen LogP contribution in [0.5, 0.6) is 0 Å². The van der Waals surface area contributed by atoms with Crippen molar-refractivity contribution in [2.45, 2.75) is 12.6 Å². The Morgan fingerprint density at radius 3 is 2.74 bits per heavy atom. The van der Waals surface area contributed by atoms with E-state index in [1.165, 1.54) is 0 Å². The maximum absolute atomic E-state index is 12.7. The van der Waals surface area contributed by atoms with Crippen LogP contribution in [0.2, 0.25) is 0 Å². The van der Waals surface area contributed by atoms with E-state index in [1.807, 2.05) is 53.4 Å². The molecule has 1 aliphatic rings. The van der Waals surface area contributed by atoms with Crippen molar-refractivity contribution in [2.75, 3.05) is 19.7 Å². The lowest BCUT2D eigenvalue weighted by atomic mass is 10.1. The molecule has 1 fully saturated rings. The van der Waals surface area contributed by atoms with Gasteiger partial charge in [-0.05, 0) is 35.4 Å². The maximum Gasteiger partial charge on any atom is 0.254 e. The minimum Gasteiger partial charge on any atom is -0.370 e. The van der Waals surface area contributed by atoms with Gasteiger partial charge < -0.3 is 15.4 Å². The van der Waals surface area contributed by atoms with Crippen LogP contribution in [0, 0.1) is 0 Å². The van der Waals surface area contributed by atoms with Crippen LogP contribution in [-0.4, -0.2) is 30.5 Å². The highest BCUT2D eigenvalue weighted by Crippen LogP contribution is 2.25. The number of ether oxygens (including phenoxy) is 1. The molecule has 1 unspecified atom stereocenters. The molecule has 1 aliphatic heterocycles. The van der Waals surface area contributed by atoms with Crippen LogP contribution in [0.25, 0.3) is 0 Å². The molecule has 120 valence electrons. The normalized spacial score (nSPS) is 18.0. The first-order chi connectivity index (χ1) is 11.2. The molecule has 3 rings (SSSR count). The average Bonchev–Trinajstić information content (AvgIpc) is 2.61. The number of amides is 1. The second kappa shape index (κ2) is 7.25. The van der Waals surface area contributed by atoms with Gasteiger partial charge in [0.25, 0.3) is 5.91 Å². The van der Waals surface area contributed by atoms with E-state index in [4.69, 9.17) is 10.5 Å². The fourth-order valence-electron chi connectivity index (χ4n) is 2.71. The van der Waals surface area contributed by atoms with Gasteiger partial charge in [-0.25, -0.2) is 0 Å². The summed E-state index contributed by atoms with van der Waals surface area (Å²) in [5, 5.41) is 0. The fraction of sp³-hybridized carbons (Fsp3) is 0.278. The van der Waals surface area contributed by atoms with E-state index in [-0.39, 0.29) is 12.0 Å². The van der Waals surface area contributed by atoms with Crippen LogP contribution in [0.3, 0.4) is 0 Å². The predicted molar refractivity (Wildman–Crippen MR) is 93.1 cm³/mol. The Morgan fingerprint density at radius 2 is 2.04 bits per heavy atom. The molecule has 2 aromatic carbocycles. The van der Waals surface area contributed by atoms with Crippen molar-refractivity contribution < 1.29 is 9.53 Å². The highest BCUT2D eigenvalue weighted by molar-refractivity contribution is 9.10. The summed E-state index contributed by atoms with van der Waals surface area (Å²) in [6.45, 7) is 2.21. The number of rotatable bonds is 3. The van der Waals surface area contributed by atoms with E-state index in [0.717, 1.165) is 15.6 Å². The number of hydrogen-bond donors (Lipinski definition) is 1. The van der Waals surface area contributed by atoms with Gasteiger partial charge in [0.2, 0.25) is 0 Å². The summed E-state index contributed by atoms with van der Waals surface area (Å²) < 4.78 is 6.85. The Labute approximate surface area is 144 Å². The quantitative estimate of drug-likeness (QED) is 0.897. The van der Waals surface area contributed by atoms with Crippen molar-refractivity contribution in [1.29, 1.82) is 0 Å². The van der Waals surface area contributed by atoms with E-state index in [0.29, 0.717) is 31.8 Å². The molecule has 0 spiro atoms. The minimum absolute atomic E-state index is 0.0388. The summed E-state index contributed by atoms with van der Waals surface area (Å²) in [4.78, 5) is 14.5. The standard InChI is InChI=1S/C18H19BrN2O2/c19-16-3-1-2-15(10-16)17-12-21(8-9-23-17)18(22)14-6-4-13(11-20)5-7-14/h1-7,10,17H,8-9,11-12,20H2. The summed E-state index contributed by atoms with van der Waals surface area (Å²) in [6, 6.07) is 15.5. The number of hydrogen-bond acceptors (Lipinski definition) is 3. The van der Waals surface area contributed by atoms with Gasteiger partial charge in [-0.15, -0.1) is 0 Å². The first kappa shape index (κ1) is 16.2. The van der Waals surface area contributed by atoms with E-state index in [2.05, 4.69) is 15.9 Å². The van der Waals surface area contributed by atoms with Crippen molar-refractivity contribution in [3.8, 4) is 0 Å². The first-order valence-electron chi connectivity index (χ1n) is 7.63. The van der Waals surface area contributed by atoms with Gasteiger partial charge in [-0.2, -0.15) is 0 Å². The third kappa shape index (κ3) is 3.80. The van der Waals surface area contributed by atoms with Crippen LogP contribution >= 0.6 is 15.9 Å². The van der Waals surface area contributed by atoms with Crippen molar-refractivity contribution in [3.05, 3.63) is 69.7 Å². The van der Waals surface area contributed by atoms with E-state index in [1.54, 1.807) is 0 Å². The van der Waals surface area contributed by atoms with Crippen LogP contribution in [0.15, 0.2) is 53.0 Å². The highest BCUT2D eigenvalue weighted by atomic mass is 79.9. The van der Waals surface area contributed by atoms with E-state index in [9.17, 15) is 4.79 Å². The van der Waals surface area contributed by atoms with Crippen molar-refractivity contribution in [1.82, 2.24) is 4.90 Å². The molecule has 5 heteroatoms. The molecular weight excluding hydrogens is 356 g/mol. The number of benzene rings is 2. The molecule has 0 aromatic heterocycles. The molecule has 2 aromatic rings. The van der Waals surface area contributed by atoms with Gasteiger partial charge in [0, 0.05) is 23.1 Å². The van der Waals surface area contributed by atoms with Crippen LogP contribution in [0.1, 0.15) is 27.6 Å². The monoisotopic (exact) mass is 374 g/mol. The van der Waals surface area contributed by atoms with E-state index >= 15 is 0 Å². The minimum atomic E-state index is -0.0893. The molecule has 1 amide bonds. The van der Waals surface area contributed by atoms with Gasteiger partial charge in [-0.3, -0.25) is 4.79 Å². The molecule has 23 heavy (non-hydrogen) atoms. The van der Waals surface area contributed by atoms with Crippen molar-refractivity contribution >= 4 is 21.8 Å². The van der Waals surface area contributed by atoms with E-state index < -0.39 is 0 Å². The zero-order valence-corrected chi connectivity index (χ0v) is 14.3. The van der Waals surface area contributed by atoms with Crippen LogP contribution < -0.4 is 5.73 Å². The molecule has 1 atom stereocenters. The molecule has 1 heterocycles. The Kier molecular flexibility index (Phi) is 5.10. The van der Waals surface area contributed by atoms with Gasteiger partial charge in [0.15, 0.2) is 0 Å². The number of nitrogens with two attached hydrogens (primary N) is 1. The van der Waals surface area contributed by atoms with Crippen LogP contribution in [0.4, 0.5) is 0 Å². The topological polar surface area (TPSA) is 55.6 Å². The Morgan fingerprint density at radius 1 is 1.26 bits per heavy atom. The second-order valence-electron chi connectivity index (χ2n) is 5.57. The first-order valence-corrected chi connectivity index (χ1v) is 8.42. The smallest absolute Gasteiger partial charge is 0.254 e. The number of carbonyl (C=O) groups excluding carboxylic acids is 1. The van der Waals surface area contributed by atoms with Crippen LogP contribution in [-0.2, 0) is 11.3 Å². The lowest BCUT2D eigenvalue weighted by Gasteiger charge is -2.33. The fourth-order valence-corrected chi connectivity index (χ4v) is 3.13. The zero-order valence-electron chi connectivity index (χ0n) is 12.7. The summed E-state index contributed by atoms with van der Waals surface area (Å²) in [5.74, 6) is 0.0388. The molecule has 2 N–H and O–H groups in total. The molecule has 0 bridgehead atoms. The summed E-state index contributed by atoms with van der Waals surface area (Å²) in [6.07, 6.45) is -0.0893. The Hall–Kier alpha value is -1.69. The average molecular weight is 375 g/mol. The molecule has 0 radical (unpaired) electrons. The second-order valence-corrected chi connectivity index (χ2v) is 6.48. The molecular formula is C18H19BrN2O2. The highest BCUT2D eigenvalue weighted by Gasteiger charge is 2.26. The third-order valence-corrected chi connectivity index (χ3v) is 4.50. The lowest BCUT2D eigenvalue weighted by Crippen LogP contribution is -2.42. The SMILES string of the molecule is NCc1ccc(C(=O)N2CCOC(c3cccc(Br)c3)C2)cc1. The summed E-state index contributed by atoms with van der Waals surface area (Å²) >= 11 is 3.48. The third-order valence-electron chi connectivity index (χ3n) is 4.01. The number of halogens is 1. The number of carbonyl (C=O) groups is 1. The summed E-state index contributed by atoms with van der Waals surface area (Å²) in [5.41, 5.74) is 8.39. The van der Waals surface area contributed by atoms with Crippen molar-refractivity contribution in [3.63, 3.8) is 0 Å². The molecule has 4 nitrogen and oxygen atoms in total. The maximum atomic E-state index is 12.7. The number of morpholine rings is 1.